The van der Waals surface area contributed by atoms with Gasteiger partial charge in [0, 0.05) is 24.3 Å². The summed E-state index contributed by atoms with van der Waals surface area (Å²) in [5.41, 5.74) is 2.17. The average molecular weight is 383 g/mol. The van der Waals surface area contributed by atoms with Gasteiger partial charge in [-0.1, -0.05) is 32.0 Å². The van der Waals surface area contributed by atoms with Gasteiger partial charge in [-0.25, -0.2) is 0 Å². The summed E-state index contributed by atoms with van der Waals surface area (Å²) < 4.78 is 5.53. The number of nitrogens with zero attached hydrogens (tertiary/aromatic N) is 1. The van der Waals surface area contributed by atoms with Gasteiger partial charge in [0.1, 0.15) is 5.75 Å². The fourth-order valence-electron chi connectivity index (χ4n) is 2.73. The van der Waals surface area contributed by atoms with Crippen molar-refractivity contribution in [3.63, 3.8) is 0 Å². The van der Waals surface area contributed by atoms with Crippen LogP contribution in [-0.4, -0.2) is 49.5 Å². The quantitative estimate of drug-likeness (QED) is 0.661. The summed E-state index contributed by atoms with van der Waals surface area (Å²) in [6.45, 7) is 9.43. The Balaban J connectivity index is 1.79. The molecule has 2 aromatic rings. The van der Waals surface area contributed by atoms with Crippen LogP contribution >= 0.6 is 0 Å². The maximum atomic E-state index is 12.2. The molecule has 28 heavy (non-hydrogen) atoms. The van der Waals surface area contributed by atoms with E-state index in [9.17, 15) is 9.59 Å². The van der Waals surface area contributed by atoms with Crippen molar-refractivity contribution >= 4 is 17.5 Å². The highest BCUT2D eigenvalue weighted by molar-refractivity contribution is 5.96. The molecular formula is C22H29N3O3. The van der Waals surface area contributed by atoms with Crippen molar-refractivity contribution in [2.24, 2.45) is 0 Å². The van der Waals surface area contributed by atoms with Crippen molar-refractivity contribution in [2.75, 3.05) is 38.1 Å². The van der Waals surface area contributed by atoms with Gasteiger partial charge in [-0.2, -0.15) is 0 Å². The molecule has 0 unspecified atom stereocenters. The zero-order valence-corrected chi connectivity index (χ0v) is 16.8. The van der Waals surface area contributed by atoms with Crippen molar-refractivity contribution < 1.29 is 14.3 Å². The second kappa shape index (κ2) is 11.1. The maximum absolute atomic E-state index is 12.2. The zero-order valence-electron chi connectivity index (χ0n) is 16.8. The molecule has 0 heterocycles. The molecule has 6 heteroatoms. The minimum absolute atomic E-state index is 0.0710. The first kappa shape index (κ1) is 21.4. The molecule has 0 saturated carbocycles. The molecule has 0 saturated heterocycles. The van der Waals surface area contributed by atoms with E-state index in [0.717, 1.165) is 25.2 Å². The number of likely N-dealkylation sites (N-methyl/N-ethyl adjacent to an activating group) is 1. The molecule has 0 aliphatic rings. The molecule has 150 valence electrons. The molecule has 0 radical (unpaired) electrons. The second-order valence-electron chi connectivity index (χ2n) is 6.46. The van der Waals surface area contributed by atoms with Crippen LogP contribution < -0.4 is 15.4 Å². The number of hydrogen-bond donors (Lipinski definition) is 2. The lowest BCUT2D eigenvalue weighted by molar-refractivity contribution is -0.118. The number of ether oxygens (including phenoxy) is 1. The van der Waals surface area contributed by atoms with Crippen molar-refractivity contribution in [3.05, 3.63) is 59.7 Å². The maximum Gasteiger partial charge on any atom is 0.262 e. The summed E-state index contributed by atoms with van der Waals surface area (Å²) in [7, 11) is 0. The molecule has 0 spiro atoms. The van der Waals surface area contributed by atoms with E-state index in [4.69, 9.17) is 4.74 Å². The van der Waals surface area contributed by atoms with Crippen LogP contribution in [0.25, 0.3) is 0 Å². The van der Waals surface area contributed by atoms with Gasteiger partial charge in [-0.05, 0) is 55.9 Å². The first-order valence-corrected chi connectivity index (χ1v) is 9.62. The third-order valence-electron chi connectivity index (χ3n) is 4.49. The zero-order chi connectivity index (χ0) is 20.4. The monoisotopic (exact) mass is 383 g/mol. The highest BCUT2D eigenvalue weighted by Gasteiger charge is 2.08. The highest BCUT2D eigenvalue weighted by atomic mass is 16.5. The average Bonchev–Trinajstić information content (AvgIpc) is 2.71. The first-order chi connectivity index (χ1) is 13.5. The number of hydrogen-bond acceptors (Lipinski definition) is 4. The molecule has 0 aromatic heterocycles. The largest absolute Gasteiger partial charge is 0.483 e. The van der Waals surface area contributed by atoms with Gasteiger partial charge in [0.05, 0.1) is 0 Å². The number of anilines is 1. The molecule has 2 rings (SSSR count). The van der Waals surface area contributed by atoms with Crippen molar-refractivity contribution in [1.82, 2.24) is 10.2 Å². The molecule has 0 aliphatic heterocycles. The molecule has 2 amide bonds. The van der Waals surface area contributed by atoms with E-state index in [2.05, 4.69) is 29.4 Å². The first-order valence-electron chi connectivity index (χ1n) is 9.62. The standard InChI is InChI=1S/C22H29N3O3/c1-4-25(5-2)15-14-23-22(27)18-10-12-19(13-11-18)24-21(26)16-28-20-9-7-6-8-17(20)3/h6-13H,4-5,14-16H2,1-3H3,(H,23,27)(H,24,26). The van der Waals surface area contributed by atoms with Crippen LogP contribution in [0.5, 0.6) is 5.75 Å². The Morgan fingerprint density at radius 2 is 1.68 bits per heavy atom. The van der Waals surface area contributed by atoms with Crippen molar-refractivity contribution in [2.45, 2.75) is 20.8 Å². The fraction of sp³-hybridized carbons (Fsp3) is 0.364. The molecule has 2 aromatic carbocycles. The molecule has 0 bridgehead atoms. The molecule has 2 N–H and O–H groups in total. The minimum Gasteiger partial charge on any atom is -0.483 e. The van der Waals surface area contributed by atoms with Gasteiger partial charge in [0.2, 0.25) is 0 Å². The van der Waals surface area contributed by atoms with Gasteiger partial charge < -0.3 is 20.3 Å². The summed E-state index contributed by atoms with van der Waals surface area (Å²) in [5.74, 6) is 0.321. The van der Waals surface area contributed by atoms with Crippen LogP contribution in [-0.2, 0) is 4.79 Å². The van der Waals surface area contributed by atoms with E-state index in [0.29, 0.717) is 23.5 Å². The predicted octanol–water partition coefficient (Wildman–Crippen LogP) is 3.08. The third kappa shape index (κ3) is 6.70. The lowest BCUT2D eigenvalue weighted by Gasteiger charge is -2.18. The van der Waals surface area contributed by atoms with E-state index in [1.165, 1.54) is 0 Å². The van der Waals surface area contributed by atoms with Crippen LogP contribution in [0, 0.1) is 6.92 Å². The Labute approximate surface area is 166 Å². The minimum atomic E-state index is -0.250. The Kier molecular flexibility index (Phi) is 8.49. The predicted molar refractivity (Wildman–Crippen MR) is 112 cm³/mol. The van der Waals surface area contributed by atoms with E-state index < -0.39 is 0 Å². The Morgan fingerprint density at radius 1 is 1.00 bits per heavy atom. The molecule has 0 fully saturated rings. The molecule has 0 atom stereocenters. The number of para-hydroxylation sites is 1. The number of benzene rings is 2. The van der Waals surface area contributed by atoms with Gasteiger partial charge >= 0.3 is 0 Å². The summed E-state index contributed by atoms with van der Waals surface area (Å²) in [6.07, 6.45) is 0. The number of nitrogens with one attached hydrogen (secondary N) is 2. The van der Waals surface area contributed by atoms with Crippen molar-refractivity contribution in [3.8, 4) is 5.75 Å². The third-order valence-corrected chi connectivity index (χ3v) is 4.49. The summed E-state index contributed by atoms with van der Waals surface area (Å²) in [5, 5.41) is 5.68. The number of carbonyl (C=O) groups excluding carboxylic acids is 2. The van der Waals surface area contributed by atoms with E-state index in [-0.39, 0.29) is 18.4 Å². The summed E-state index contributed by atoms with van der Waals surface area (Å²) in [4.78, 5) is 26.5. The van der Waals surface area contributed by atoms with Crippen LogP contribution in [0.1, 0.15) is 29.8 Å². The van der Waals surface area contributed by atoms with Gasteiger partial charge in [-0.15, -0.1) is 0 Å². The Bertz CT molecular complexity index is 771. The highest BCUT2D eigenvalue weighted by Crippen LogP contribution is 2.16. The van der Waals surface area contributed by atoms with E-state index in [1.807, 2.05) is 31.2 Å². The van der Waals surface area contributed by atoms with Crippen molar-refractivity contribution in [1.29, 1.82) is 0 Å². The number of amides is 2. The van der Waals surface area contributed by atoms with Gasteiger partial charge in [-0.3, -0.25) is 9.59 Å². The van der Waals surface area contributed by atoms with E-state index in [1.54, 1.807) is 24.3 Å². The molecule has 0 aliphatic carbocycles. The molecule has 6 nitrogen and oxygen atoms in total. The topological polar surface area (TPSA) is 70.7 Å². The lowest BCUT2D eigenvalue weighted by Crippen LogP contribution is -2.34. The lowest BCUT2D eigenvalue weighted by atomic mass is 10.2. The van der Waals surface area contributed by atoms with Crippen LogP contribution in [0.15, 0.2) is 48.5 Å². The summed E-state index contributed by atoms with van der Waals surface area (Å²) >= 11 is 0. The fourth-order valence-corrected chi connectivity index (χ4v) is 2.73. The SMILES string of the molecule is CCN(CC)CCNC(=O)c1ccc(NC(=O)COc2ccccc2C)cc1. The molecular weight excluding hydrogens is 354 g/mol. The smallest absolute Gasteiger partial charge is 0.262 e. The number of rotatable bonds is 10. The van der Waals surface area contributed by atoms with Crippen LogP contribution in [0.2, 0.25) is 0 Å². The van der Waals surface area contributed by atoms with Gasteiger partial charge in [0.25, 0.3) is 11.8 Å². The Hall–Kier alpha value is -2.86. The summed E-state index contributed by atoms with van der Waals surface area (Å²) in [6, 6.07) is 14.4. The normalized spacial score (nSPS) is 10.6. The Morgan fingerprint density at radius 3 is 2.32 bits per heavy atom. The van der Waals surface area contributed by atoms with Crippen LogP contribution in [0.3, 0.4) is 0 Å². The number of carbonyl (C=O) groups is 2. The van der Waals surface area contributed by atoms with E-state index >= 15 is 0 Å². The van der Waals surface area contributed by atoms with Gasteiger partial charge in [0.15, 0.2) is 6.61 Å². The van der Waals surface area contributed by atoms with Crippen LogP contribution in [0.4, 0.5) is 5.69 Å². The number of aryl methyl sites for hydroxylation is 1. The second-order valence-corrected chi connectivity index (χ2v) is 6.46.